The molecule has 0 aliphatic heterocycles. The van der Waals surface area contributed by atoms with E-state index >= 15 is 0 Å². The number of carboxylic acid groups (broad SMARTS) is 1. The predicted octanol–water partition coefficient (Wildman–Crippen LogP) is 1.59. The third-order valence-corrected chi connectivity index (χ3v) is 2.50. The molecule has 0 aromatic heterocycles. The molecular weight excluding hydrogens is 266 g/mol. The van der Waals surface area contributed by atoms with E-state index < -0.39 is 28.5 Å². The van der Waals surface area contributed by atoms with Crippen molar-refractivity contribution in [3.8, 4) is 0 Å². The summed E-state index contributed by atoms with van der Waals surface area (Å²) < 4.78 is 4.32. The van der Waals surface area contributed by atoms with Crippen molar-refractivity contribution in [1.82, 2.24) is 0 Å². The van der Waals surface area contributed by atoms with Crippen LogP contribution in [-0.2, 0) is 14.3 Å². The lowest BCUT2D eigenvalue weighted by molar-refractivity contribution is -0.385. The largest absolute Gasteiger partial charge is 0.480 e. The van der Waals surface area contributed by atoms with E-state index in [1.54, 1.807) is 0 Å². The number of benzene rings is 1. The zero-order valence-corrected chi connectivity index (χ0v) is 9.88. The van der Waals surface area contributed by atoms with Gasteiger partial charge in [0.15, 0.2) is 5.92 Å². The third-order valence-electron chi connectivity index (χ3n) is 2.20. The smallest absolute Gasteiger partial charge is 0.324 e. The van der Waals surface area contributed by atoms with Gasteiger partial charge in [0.05, 0.1) is 17.6 Å². The summed E-state index contributed by atoms with van der Waals surface area (Å²) in [5, 5.41) is 19.6. The average molecular weight is 274 g/mol. The van der Waals surface area contributed by atoms with E-state index in [0.717, 1.165) is 13.2 Å². The Balaban J connectivity index is 3.46. The summed E-state index contributed by atoms with van der Waals surface area (Å²) in [7, 11) is 0.995. The zero-order chi connectivity index (χ0) is 13.9. The third kappa shape index (κ3) is 2.57. The number of para-hydroxylation sites is 1. The van der Waals surface area contributed by atoms with Gasteiger partial charge in [-0.3, -0.25) is 19.7 Å². The summed E-state index contributed by atoms with van der Waals surface area (Å²) >= 11 is 5.63. The van der Waals surface area contributed by atoms with Gasteiger partial charge in [-0.05, 0) is 6.07 Å². The van der Waals surface area contributed by atoms with Crippen molar-refractivity contribution in [2.75, 3.05) is 7.11 Å². The number of methoxy groups -OCH3 is 1. The minimum Gasteiger partial charge on any atom is -0.480 e. The molecule has 8 heteroatoms. The molecule has 1 atom stereocenters. The van der Waals surface area contributed by atoms with Crippen LogP contribution in [0.5, 0.6) is 0 Å². The minimum atomic E-state index is -1.78. The van der Waals surface area contributed by atoms with E-state index in [4.69, 9.17) is 16.7 Å². The molecule has 1 unspecified atom stereocenters. The van der Waals surface area contributed by atoms with Crippen LogP contribution in [-0.4, -0.2) is 29.1 Å². The standard InChI is InChI=1S/C10H8ClNO6/c1-18-10(15)7(9(13)14)5-3-2-4-6(11)8(5)12(16)17/h2-4,7H,1H3,(H,13,14). The molecule has 1 aromatic carbocycles. The highest BCUT2D eigenvalue weighted by Crippen LogP contribution is 2.33. The number of rotatable bonds is 4. The van der Waals surface area contributed by atoms with Gasteiger partial charge in [-0.1, -0.05) is 23.7 Å². The summed E-state index contributed by atoms with van der Waals surface area (Å²) in [6.45, 7) is 0. The Morgan fingerprint density at radius 2 is 2.11 bits per heavy atom. The number of carbonyl (C=O) groups excluding carboxylic acids is 1. The first-order valence-electron chi connectivity index (χ1n) is 4.63. The van der Waals surface area contributed by atoms with Crippen LogP contribution in [0.2, 0.25) is 5.02 Å². The Hall–Kier alpha value is -2.15. The van der Waals surface area contributed by atoms with Gasteiger partial charge in [0.2, 0.25) is 0 Å². The van der Waals surface area contributed by atoms with Crippen LogP contribution in [0.4, 0.5) is 5.69 Å². The summed E-state index contributed by atoms with van der Waals surface area (Å²) in [6.07, 6.45) is 0. The van der Waals surface area contributed by atoms with Gasteiger partial charge < -0.3 is 9.84 Å². The van der Waals surface area contributed by atoms with Gasteiger partial charge in [-0.15, -0.1) is 0 Å². The molecular formula is C10H8ClNO6. The first-order valence-corrected chi connectivity index (χ1v) is 5.01. The van der Waals surface area contributed by atoms with E-state index in [9.17, 15) is 19.7 Å². The lowest BCUT2D eigenvalue weighted by Crippen LogP contribution is -2.23. The summed E-state index contributed by atoms with van der Waals surface area (Å²) in [4.78, 5) is 32.4. The van der Waals surface area contributed by atoms with Gasteiger partial charge in [-0.25, -0.2) is 0 Å². The maximum absolute atomic E-state index is 11.4. The Kier molecular flexibility index (Phi) is 4.22. The van der Waals surface area contributed by atoms with Gasteiger partial charge in [0.25, 0.3) is 5.69 Å². The second kappa shape index (κ2) is 5.46. The predicted molar refractivity (Wildman–Crippen MR) is 60.5 cm³/mol. The number of carboxylic acids is 1. The van der Waals surface area contributed by atoms with Crippen LogP contribution >= 0.6 is 11.6 Å². The van der Waals surface area contributed by atoms with Crippen LogP contribution in [0.3, 0.4) is 0 Å². The second-order valence-corrected chi connectivity index (χ2v) is 3.64. The maximum Gasteiger partial charge on any atom is 0.324 e. The Morgan fingerprint density at radius 3 is 2.56 bits per heavy atom. The van der Waals surface area contributed by atoms with Gasteiger partial charge in [-0.2, -0.15) is 0 Å². The number of esters is 1. The molecule has 0 heterocycles. The molecule has 18 heavy (non-hydrogen) atoms. The molecule has 96 valence electrons. The molecule has 1 aromatic rings. The number of nitrogens with zero attached hydrogens (tertiary/aromatic N) is 1. The number of carbonyl (C=O) groups is 2. The van der Waals surface area contributed by atoms with Crippen LogP contribution in [0.1, 0.15) is 11.5 Å². The molecule has 0 aliphatic rings. The Labute approximate surface area is 106 Å². The van der Waals surface area contributed by atoms with Crippen molar-refractivity contribution in [2.24, 2.45) is 0 Å². The number of hydrogen-bond acceptors (Lipinski definition) is 5. The van der Waals surface area contributed by atoms with E-state index in [2.05, 4.69) is 4.74 Å². The van der Waals surface area contributed by atoms with Crippen LogP contribution in [0.25, 0.3) is 0 Å². The van der Waals surface area contributed by atoms with Gasteiger partial charge in [0, 0.05) is 0 Å². The summed E-state index contributed by atoms with van der Waals surface area (Å²) in [6, 6.07) is 3.71. The van der Waals surface area contributed by atoms with E-state index in [-0.39, 0.29) is 10.6 Å². The van der Waals surface area contributed by atoms with E-state index in [1.165, 1.54) is 12.1 Å². The highest BCUT2D eigenvalue weighted by Gasteiger charge is 2.36. The fraction of sp³-hybridized carbons (Fsp3) is 0.200. The molecule has 0 spiro atoms. The van der Waals surface area contributed by atoms with E-state index in [1.807, 2.05) is 0 Å². The quantitative estimate of drug-likeness (QED) is 0.386. The lowest BCUT2D eigenvalue weighted by atomic mass is 9.97. The van der Waals surface area contributed by atoms with Crippen molar-refractivity contribution in [1.29, 1.82) is 0 Å². The normalized spacial score (nSPS) is 11.7. The van der Waals surface area contributed by atoms with Crippen molar-refractivity contribution in [3.63, 3.8) is 0 Å². The molecule has 0 saturated carbocycles. The number of aliphatic carboxylic acids is 1. The molecule has 0 radical (unpaired) electrons. The number of halogens is 1. The first-order chi connectivity index (χ1) is 8.40. The summed E-state index contributed by atoms with van der Waals surface area (Å²) in [5.74, 6) is -4.44. The number of hydrogen-bond donors (Lipinski definition) is 1. The fourth-order valence-electron chi connectivity index (χ4n) is 1.44. The molecule has 0 saturated heterocycles. The van der Waals surface area contributed by atoms with Crippen LogP contribution in [0.15, 0.2) is 18.2 Å². The SMILES string of the molecule is COC(=O)C(C(=O)O)c1cccc(Cl)c1[N+](=O)[O-]. The topological polar surface area (TPSA) is 107 Å². The highest BCUT2D eigenvalue weighted by molar-refractivity contribution is 6.33. The van der Waals surface area contributed by atoms with Crippen molar-refractivity contribution in [2.45, 2.75) is 5.92 Å². The number of nitro groups is 1. The van der Waals surface area contributed by atoms with Crippen LogP contribution < -0.4 is 0 Å². The second-order valence-electron chi connectivity index (χ2n) is 3.23. The number of nitro benzene ring substituents is 1. The van der Waals surface area contributed by atoms with Crippen molar-refractivity contribution >= 4 is 29.2 Å². The van der Waals surface area contributed by atoms with Crippen LogP contribution in [0, 0.1) is 10.1 Å². The molecule has 7 nitrogen and oxygen atoms in total. The molecule has 0 fully saturated rings. The fourth-order valence-corrected chi connectivity index (χ4v) is 1.69. The molecule has 0 amide bonds. The molecule has 1 N–H and O–H groups in total. The van der Waals surface area contributed by atoms with E-state index in [0.29, 0.717) is 0 Å². The van der Waals surface area contributed by atoms with Gasteiger partial charge in [0.1, 0.15) is 5.02 Å². The average Bonchev–Trinajstić information content (AvgIpc) is 2.28. The lowest BCUT2D eigenvalue weighted by Gasteiger charge is -2.11. The minimum absolute atomic E-state index is 0.243. The first kappa shape index (κ1) is 13.9. The maximum atomic E-state index is 11.4. The molecule has 1 rings (SSSR count). The highest BCUT2D eigenvalue weighted by atomic mass is 35.5. The van der Waals surface area contributed by atoms with Gasteiger partial charge >= 0.3 is 11.9 Å². The zero-order valence-electron chi connectivity index (χ0n) is 9.12. The monoisotopic (exact) mass is 273 g/mol. The Bertz CT molecular complexity index is 515. The molecule has 0 bridgehead atoms. The summed E-state index contributed by atoms with van der Waals surface area (Å²) in [5.41, 5.74) is -0.927. The molecule has 0 aliphatic carbocycles. The number of ether oxygens (including phenoxy) is 1. The van der Waals surface area contributed by atoms with Crippen molar-refractivity contribution in [3.05, 3.63) is 38.9 Å². The Morgan fingerprint density at radius 1 is 1.50 bits per heavy atom. The van der Waals surface area contributed by atoms with Crippen molar-refractivity contribution < 1.29 is 24.4 Å².